The molecule has 1 aliphatic heterocycles. The molecule has 2 aromatic rings. The van der Waals surface area contributed by atoms with Gasteiger partial charge in [-0.25, -0.2) is 18.2 Å². The van der Waals surface area contributed by atoms with E-state index in [0.29, 0.717) is 23.8 Å². The van der Waals surface area contributed by atoms with Gasteiger partial charge in [-0.05, 0) is 12.1 Å². The van der Waals surface area contributed by atoms with E-state index in [9.17, 15) is 13.2 Å². The zero-order chi connectivity index (χ0) is 18.0. The van der Waals surface area contributed by atoms with Gasteiger partial charge in [0.25, 0.3) is 0 Å². The Morgan fingerprint density at radius 3 is 2.88 bits per heavy atom. The lowest BCUT2D eigenvalue weighted by molar-refractivity contribution is 0.187. The maximum absolute atomic E-state index is 12.9. The van der Waals surface area contributed by atoms with E-state index in [-0.39, 0.29) is 11.4 Å². The number of methoxy groups -OCH3 is 2. The fourth-order valence-electron chi connectivity index (χ4n) is 2.48. The summed E-state index contributed by atoms with van der Waals surface area (Å²) in [5, 5.41) is 2.91. The molecule has 1 aromatic heterocycles. The molecule has 10 heteroatoms. The predicted octanol–water partition coefficient (Wildman–Crippen LogP) is 2.08. The molecule has 0 bridgehead atoms. The van der Waals surface area contributed by atoms with Crippen molar-refractivity contribution in [3.63, 3.8) is 0 Å². The highest BCUT2D eigenvalue weighted by Crippen LogP contribution is 2.31. The molecule has 0 aliphatic carbocycles. The molecular formula is C15H17N3O5S2. The minimum absolute atomic E-state index is 0.188. The van der Waals surface area contributed by atoms with E-state index in [2.05, 4.69) is 15.0 Å². The SMILES string of the molecule is COC(=O)Nc1nc2c(s1)CN(S(=O)(=O)c1cccc(OC)c1)CC2. The highest BCUT2D eigenvalue weighted by atomic mass is 32.2. The van der Waals surface area contributed by atoms with Crippen molar-refractivity contribution in [3.05, 3.63) is 34.8 Å². The van der Waals surface area contributed by atoms with E-state index in [1.165, 1.54) is 35.9 Å². The zero-order valence-electron chi connectivity index (χ0n) is 13.7. The molecule has 0 saturated heterocycles. The zero-order valence-corrected chi connectivity index (χ0v) is 15.3. The number of aromatic nitrogens is 1. The van der Waals surface area contributed by atoms with Crippen LogP contribution in [0, 0.1) is 0 Å². The molecule has 0 spiro atoms. The van der Waals surface area contributed by atoms with Crippen LogP contribution >= 0.6 is 11.3 Å². The number of anilines is 1. The number of hydrogen-bond acceptors (Lipinski definition) is 7. The van der Waals surface area contributed by atoms with E-state index < -0.39 is 16.1 Å². The molecule has 3 rings (SSSR count). The summed E-state index contributed by atoms with van der Waals surface area (Å²) in [6, 6.07) is 6.39. The number of sulfonamides is 1. The predicted molar refractivity (Wildman–Crippen MR) is 92.4 cm³/mol. The van der Waals surface area contributed by atoms with Crippen molar-refractivity contribution in [3.8, 4) is 5.75 Å². The molecule has 1 aliphatic rings. The third-order valence-electron chi connectivity index (χ3n) is 3.77. The first-order valence-electron chi connectivity index (χ1n) is 7.42. The van der Waals surface area contributed by atoms with E-state index in [0.717, 1.165) is 10.6 Å². The van der Waals surface area contributed by atoms with Crippen molar-refractivity contribution in [2.45, 2.75) is 17.9 Å². The maximum Gasteiger partial charge on any atom is 0.413 e. The summed E-state index contributed by atoms with van der Waals surface area (Å²) in [7, 11) is -0.874. The highest BCUT2D eigenvalue weighted by molar-refractivity contribution is 7.89. The van der Waals surface area contributed by atoms with E-state index in [4.69, 9.17) is 4.74 Å². The third kappa shape index (κ3) is 3.60. The topological polar surface area (TPSA) is 97.8 Å². The molecule has 0 atom stereocenters. The molecule has 0 saturated carbocycles. The first-order valence-corrected chi connectivity index (χ1v) is 9.67. The fourth-order valence-corrected chi connectivity index (χ4v) is 5.02. The van der Waals surface area contributed by atoms with Gasteiger partial charge in [-0.15, -0.1) is 0 Å². The van der Waals surface area contributed by atoms with Gasteiger partial charge in [0.05, 0.1) is 31.4 Å². The lowest BCUT2D eigenvalue weighted by Crippen LogP contribution is -2.35. The van der Waals surface area contributed by atoms with Gasteiger partial charge in [-0.2, -0.15) is 4.31 Å². The van der Waals surface area contributed by atoms with Crippen molar-refractivity contribution in [1.82, 2.24) is 9.29 Å². The Morgan fingerprint density at radius 2 is 2.16 bits per heavy atom. The van der Waals surface area contributed by atoms with Gasteiger partial charge < -0.3 is 9.47 Å². The van der Waals surface area contributed by atoms with Crippen molar-refractivity contribution < 1.29 is 22.7 Å². The molecule has 1 aromatic carbocycles. The van der Waals surface area contributed by atoms with Gasteiger partial charge >= 0.3 is 6.09 Å². The van der Waals surface area contributed by atoms with Crippen LogP contribution in [0.1, 0.15) is 10.6 Å². The second-order valence-electron chi connectivity index (χ2n) is 5.27. The number of benzene rings is 1. The van der Waals surface area contributed by atoms with Gasteiger partial charge in [0.2, 0.25) is 10.0 Å². The van der Waals surface area contributed by atoms with Crippen molar-refractivity contribution in [1.29, 1.82) is 0 Å². The van der Waals surface area contributed by atoms with Crippen molar-refractivity contribution >= 4 is 32.6 Å². The second kappa shape index (κ2) is 6.98. The summed E-state index contributed by atoms with van der Waals surface area (Å²) < 4.78 is 36.8. The largest absolute Gasteiger partial charge is 0.497 e. The molecule has 1 N–H and O–H groups in total. The average Bonchev–Trinajstić information content (AvgIpc) is 3.02. The Hall–Kier alpha value is -2.17. The second-order valence-corrected chi connectivity index (χ2v) is 8.29. The number of hydrogen-bond donors (Lipinski definition) is 1. The summed E-state index contributed by atoms with van der Waals surface area (Å²) in [6.45, 7) is 0.545. The molecule has 8 nitrogen and oxygen atoms in total. The van der Waals surface area contributed by atoms with Crippen molar-refractivity contribution in [2.75, 3.05) is 26.1 Å². The summed E-state index contributed by atoms with van der Waals surface area (Å²) in [5.74, 6) is 0.487. The molecule has 0 fully saturated rings. The minimum Gasteiger partial charge on any atom is -0.497 e. The first kappa shape index (κ1) is 17.6. The fraction of sp³-hybridized carbons (Fsp3) is 0.333. The smallest absolute Gasteiger partial charge is 0.413 e. The molecule has 25 heavy (non-hydrogen) atoms. The Labute approximate surface area is 149 Å². The number of nitrogens with one attached hydrogen (secondary N) is 1. The van der Waals surface area contributed by atoms with Crippen LogP contribution in [-0.2, 0) is 27.7 Å². The quantitative estimate of drug-likeness (QED) is 0.868. The number of amides is 1. The van der Waals surface area contributed by atoms with Crippen LogP contribution in [0.4, 0.5) is 9.93 Å². The highest BCUT2D eigenvalue weighted by Gasteiger charge is 2.30. The van der Waals surface area contributed by atoms with Crippen LogP contribution in [-0.4, -0.2) is 44.6 Å². The number of carbonyl (C=O) groups is 1. The van der Waals surface area contributed by atoms with E-state index >= 15 is 0 Å². The molecule has 2 heterocycles. The third-order valence-corrected chi connectivity index (χ3v) is 6.61. The summed E-state index contributed by atoms with van der Waals surface area (Å²) in [6.07, 6.45) is -0.121. The van der Waals surface area contributed by atoms with Gasteiger partial charge in [-0.3, -0.25) is 5.32 Å². The summed E-state index contributed by atoms with van der Waals surface area (Å²) in [5.41, 5.74) is 0.800. The Kier molecular flexibility index (Phi) is 4.93. The monoisotopic (exact) mass is 383 g/mol. The van der Waals surface area contributed by atoms with Crippen LogP contribution in [0.2, 0.25) is 0 Å². The van der Waals surface area contributed by atoms with Gasteiger partial charge in [-0.1, -0.05) is 17.4 Å². The van der Waals surface area contributed by atoms with Gasteiger partial charge in [0.1, 0.15) is 5.75 Å². The van der Waals surface area contributed by atoms with Crippen LogP contribution in [0.3, 0.4) is 0 Å². The number of thiazole rings is 1. The molecule has 0 unspecified atom stereocenters. The van der Waals surface area contributed by atoms with E-state index in [1.807, 2.05) is 0 Å². The average molecular weight is 383 g/mol. The minimum atomic E-state index is -3.64. The standard InChI is InChI=1S/C15H17N3O5S2/c1-22-10-4-3-5-11(8-10)25(20,21)18-7-6-12-13(9-18)24-14(16-12)17-15(19)23-2/h3-5,8H,6-7,9H2,1-2H3,(H,16,17,19). The van der Waals surface area contributed by atoms with Crippen LogP contribution in [0.25, 0.3) is 0 Å². The number of carbonyl (C=O) groups excluding carboxylic acids is 1. The number of ether oxygens (including phenoxy) is 2. The van der Waals surface area contributed by atoms with Crippen LogP contribution in [0.15, 0.2) is 29.2 Å². The summed E-state index contributed by atoms with van der Waals surface area (Å²) in [4.78, 5) is 16.6. The normalized spacial score (nSPS) is 14.6. The lowest BCUT2D eigenvalue weighted by Gasteiger charge is -2.25. The molecule has 1 amide bonds. The Morgan fingerprint density at radius 1 is 1.36 bits per heavy atom. The van der Waals surface area contributed by atoms with Gasteiger partial charge in [0.15, 0.2) is 5.13 Å². The Balaban J connectivity index is 1.82. The van der Waals surface area contributed by atoms with Crippen LogP contribution in [0.5, 0.6) is 5.75 Å². The number of nitrogens with zero attached hydrogens (tertiary/aromatic N) is 2. The van der Waals surface area contributed by atoms with Crippen LogP contribution < -0.4 is 10.1 Å². The molecule has 134 valence electrons. The Bertz CT molecular complexity index is 894. The molecule has 0 radical (unpaired) electrons. The van der Waals surface area contributed by atoms with E-state index in [1.54, 1.807) is 18.2 Å². The van der Waals surface area contributed by atoms with Gasteiger partial charge in [0, 0.05) is 23.9 Å². The lowest BCUT2D eigenvalue weighted by atomic mass is 10.2. The maximum atomic E-state index is 12.9. The number of rotatable bonds is 4. The van der Waals surface area contributed by atoms with Crippen molar-refractivity contribution in [2.24, 2.45) is 0 Å². The number of fused-ring (bicyclic) bond motifs is 1. The summed E-state index contributed by atoms with van der Waals surface area (Å²) >= 11 is 1.25. The first-order chi connectivity index (χ1) is 11.9. The molecular weight excluding hydrogens is 366 g/mol.